The number of methoxy groups -OCH3 is 2. The summed E-state index contributed by atoms with van der Waals surface area (Å²) in [5.74, 6) is -1.13. The van der Waals surface area contributed by atoms with E-state index in [9.17, 15) is 18.0 Å². The molecule has 9 nitrogen and oxygen atoms in total. The normalized spacial score (nSPS) is 17.9. The van der Waals surface area contributed by atoms with Crippen molar-refractivity contribution in [3.63, 3.8) is 0 Å². The highest BCUT2D eigenvalue weighted by Gasteiger charge is 2.50. The van der Waals surface area contributed by atoms with Gasteiger partial charge in [-0.15, -0.1) is 0 Å². The molecule has 1 fully saturated rings. The zero-order valence-electron chi connectivity index (χ0n) is 20.8. The van der Waals surface area contributed by atoms with E-state index in [1.54, 1.807) is 20.3 Å². The minimum atomic E-state index is -5.08. The number of anilines is 1. The van der Waals surface area contributed by atoms with E-state index in [4.69, 9.17) is 19.4 Å². The van der Waals surface area contributed by atoms with Crippen LogP contribution in [0.3, 0.4) is 0 Å². The first-order valence-electron chi connectivity index (χ1n) is 11.8. The third-order valence-electron chi connectivity index (χ3n) is 6.64. The molecule has 0 saturated carbocycles. The van der Waals surface area contributed by atoms with Gasteiger partial charge in [0.05, 0.1) is 25.1 Å². The van der Waals surface area contributed by atoms with Gasteiger partial charge in [0.25, 0.3) is 5.91 Å². The molecule has 3 aromatic rings. The minimum Gasteiger partial charge on any atom is -0.497 e. The van der Waals surface area contributed by atoms with Gasteiger partial charge in [-0.25, -0.2) is 9.78 Å². The van der Waals surface area contributed by atoms with Crippen molar-refractivity contribution in [1.29, 1.82) is 0 Å². The van der Waals surface area contributed by atoms with Gasteiger partial charge >= 0.3 is 12.1 Å². The number of likely N-dealkylation sites (tertiary alicyclic amines) is 1. The Hall–Kier alpha value is -4.06. The summed E-state index contributed by atoms with van der Waals surface area (Å²) < 4.78 is 44.6. The summed E-state index contributed by atoms with van der Waals surface area (Å²) >= 11 is 0. The van der Waals surface area contributed by atoms with Gasteiger partial charge in [0, 0.05) is 44.7 Å². The molecular formula is C26H27F3N4O5. The molecule has 5 rings (SSSR count). The highest BCUT2D eigenvalue weighted by atomic mass is 19.4. The molecule has 202 valence electrons. The number of carbonyl (C=O) groups is 2. The van der Waals surface area contributed by atoms with Gasteiger partial charge in [-0.1, -0.05) is 6.07 Å². The van der Waals surface area contributed by atoms with Crippen molar-refractivity contribution in [1.82, 2.24) is 14.5 Å². The first-order valence-corrected chi connectivity index (χ1v) is 11.8. The number of carboxylic acid groups (broad SMARTS) is 1. The fourth-order valence-electron chi connectivity index (χ4n) is 4.95. The van der Waals surface area contributed by atoms with Gasteiger partial charge in [0.1, 0.15) is 11.3 Å². The van der Waals surface area contributed by atoms with Crippen LogP contribution in [0.25, 0.3) is 5.82 Å². The average Bonchev–Trinajstić information content (AvgIpc) is 3.57. The summed E-state index contributed by atoms with van der Waals surface area (Å²) in [6.45, 7) is 2.60. The topological polar surface area (TPSA) is 97.1 Å². The largest absolute Gasteiger partial charge is 0.497 e. The Morgan fingerprint density at radius 3 is 2.58 bits per heavy atom. The van der Waals surface area contributed by atoms with Crippen molar-refractivity contribution < 1.29 is 37.3 Å². The number of carbonyl (C=O) groups excluding carboxylic acids is 1. The number of hydrogen-bond acceptors (Lipinski definition) is 6. The second kappa shape index (κ2) is 10.7. The number of rotatable bonds is 5. The Labute approximate surface area is 217 Å². The number of pyridine rings is 1. The maximum atomic E-state index is 13.4. The molecule has 0 aliphatic carbocycles. The van der Waals surface area contributed by atoms with Crippen LogP contribution in [-0.4, -0.2) is 78.1 Å². The van der Waals surface area contributed by atoms with Crippen LogP contribution < -0.4 is 9.64 Å². The number of ether oxygens (including phenoxy) is 2. The molecule has 0 bridgehead atoms. The highest BCUT2D eigenvalue weighted by Crippen LogP contribution is 2.47. The molecule has 2 aromatic heterocycles. The lowest BCUT2D eigenvalue weighted by Gasteiger charge is -2.47. The van der Waals surface area contributed by atoms with Crippen molar-refractivity contribution in [3.8, 4) is 11.6 Å². The van der Waals surface area contributed by atoms with Crippen LogP contribution in [0, 0.1) is 0 Å². The molecule has 1 amide bonds. The standard InChI is InChI=1S/C24H26N4O3.C2HF3O2/c1-30-15-14-28-20-8-4-11-25-22(20)27-12-5-9-21(27)24(28)10-13-26(17-24)23(29)18-6-3-7-19(16-18)31-2;3-2(4,5)1(6)7/h3-9,11-12,16H,10,13-15,17H2,1-2H3;(H,6,7). The molecule has 38 heavy (non-hydrogen) atoms. The summed E-state index contributed by atoms with van der Waals surface area (Å²) in [6.07, 6.45) is -0.365. The number of amides is 1. The molecule has 2 aliphatic heterocycles. The number of carboxylic acids is 1. The first kappa shape index (κ1) is 27.0. The molecule has 1 saturated heterocycles. The Kier molecular flexibility index (Phi) is 7.63. The van der Waals surface area contributed by atoms with Gasteiger partial charge in [0.15, 0.2) is 5.82 Å². The van der Waals surface area contributed by atoms with E-state index >= 15 is 0 Å². The van der Waals surface area contributed by atoms with E-state index in [2.05, 4.69) is 38.8 Å². The lowest BCUT2D eigenvalue weighted by molar-refractivity contribution is -0.192. The summed E-state index contributed by atoms with van der Waals surface area (Å²) in [6, 6.07) is 15.6. The Bertz CT molecular complexity index is 1310. The Balaban J connectivity index is 0.000000426. The van der Waals surface area contributed by atoms with Gasteiger partial charge < -0.3 is 28.9 Å². The molecule has 1 aromatic carbocycles. The molecule has 12 heteroatoms. The van der Waals surface area contributed by atoms with E-state index in [-0.39, 0.29) is 11.4 Å². The summed E-state index contributed by atoms with van der Waals surface area (Å²) in [5.41, 5.74) is 2.55. The van der Waals surface area contributed by atoms with Crippen molar-refractivity contribution in [2.45, 2.75) is 18.1 Å². The summed E-state index contributed by atoms with van der Waals surface area (Å²) in [7, 11) is 3.33. The van der Waals surface area contributed by atoms with Crippen LogP contribution in [0.5, 0.6) is 5.75 Å². The zero-order valence-corrected chi connectivity index (χ0v) is 20.8. The van der Waals surface area contributed by atoms with Crippen LogP contribution in [0.15, 0.2) is 60.9 Å². The molecular weight excluding hydrogens is 505 g/mol. The number of hydrogen-bond donors (Lipinski definition) is 1. The number of halogens is 3. The number of benzene rings is 1. The van der Waals surface area contributed by atoms with E-state index < -0.39 is 12.1 Å². The van der Waals surface area contributed by atoms with Gasteiger partial charge in [-0.05, 0) is 48.9 Å². The second-order valence-electron chi connectivity index (χ2n) is 8.80. The van der Waals surface area contributed by atoms with E-state index in [0.29, 0.717) is 31.0 Å². The van der Waals surface area contributed by atoms with E-state index in [0.717, 1.165) is 30.2 Å². The fourth-order valence-corrected chi connectivity index (χ4v) is 4.95. The number of aromatic nitrogens is 2. The second-order valence-corrected chi connectivity index (χ2v) is 8.80. The Morgan fingerprint density at radius 1 is 1.13 bits per heavy atom. The van der Waals surface area contributed by atoms with Crippen LogP contribution in [-0.2, 0) is 15.1 Å². The minimum absolute atomic E-state index is 0.0255. The summed E-state index contributed by atoms with van der Waals surface area (Å²) in [5, 5.41) is 7.12. The average molecular weight is 533 g/mol. The summed E-state index contributed by atoms with van der Waals surface area (Å²) in [4.78, 5) is 31.2. The molecule has 4 heterocycles. The monoisotopic (exact) mass is 532 g/mol. The van der Waals surface area contributed by atoms with Gasteiger partial charge in [-0.3, -0.25) is 4.79 Å². The number of fused-ring (bicyclic) bond motifs is 4. The van der Waals surface area contributed by atoms with Crippen LogP contribution >= 0.6 is 0 Å². The van der Waals surface area contributed by atoms with Gasteiger partial charge in [0.2, 0.25) is 0 Å². The number of aliphatic carboxylic acids is 1. The maximum Gasteiger partial charge on any atom is 0.490 e. The number of nitrogens with zero attached hydrogens (tertiary/aromatic N) is 4. The Morgan fingerprint density at radius 2 is 1.89 bits per heavy atom. The highest BCUT2D eigenvalue weighted by molar-refractivity contribution is 5.95. The van der Waals surface area contributed by atoms with Crippen molar-refractivity contribution in [2.75, 3.05) is 45.4 Å². The first-order chi connectivity index (χ1) is 18.1. The molecule has 1 spiro atoms. The third-order valence-corrected chi connectivity index (χ3v) is 6.64. The lowest BCUT2D eigenvalue weighted by atomic mass is 9.89. The SMILES string of the molecule is COCCN1c2cccnc2-n2cccc2C12CCN(C(=O)c1cccc(OC)c1)C2.O=C(O)C(F)(F)F. The molecule has 1 atom stereocenters. The van der Waals surface area contributed by atoms with E-state index in [1.807, 2.05) is 35.4 Å². The smallest absolute Gasteiger partial charge is 0.490 e. The predicted molar refractivity (Wildman–Crippen MR) is 132 cm³/mol. The number of alkyl halides is 3. The maximum absolute atomic E-state index is 13.4. The molecule has 1 unspecified atom stereocenters. The van der Waals surface area contributed by atoms with Crippen LogP contribution in [0.2, 0.25) is 0 Å². The van der Waals surface area contributed by atoms with Crippen molar-refractivity contribution in [3.05, 3.63) is 72.2 Å². The molecule has 2 aliphatic rings. The van der Waals surface area contributed by atoms with E-state index in [1.165, 1.54) is 0 Å². The third kappa shape index (κ3) is 5.03. The lowest BCUT2D eigenvalue weighted by Crippen LogP contribution is -2.53. The van der Waals surface area contributed by atoms with Crippen molar-refractivity contribution in [2.24, 2.45) is 0 Å². The van der Waals surface area contributed by atoms with Crippen LogP contribution in [0.4, 0.5) is 18.9 Å². The zero-order chi connectivity index (χ0) is 27.5. The van der Waals surface area contributed by atoms with Crippen molar-refractivity contribution >= 4 is 17.6 Å². The molecule has 0 radical (unpaired) electrons. The predicted octanol–water partition coefficient (Wildman–Crippen LogP) is 3.72. The fraction of sp³-hybridized carbons (Fsp3) is 0.346. The molecule has 1 N–H and O–H groups in total. The van der Waals surface area contributed by atoms with Gasteiger partial charge in [-0.2, -0.15) is 13.2 Å². The quantitative estimate of drug-likeness (QED) is 0.535. The van der Waals surface area contributed by atoms with Crippen LogP contribution in [0.1, 0.15) is 22.5 Å².